The Hall–Kier alpha value is -0.650. The first-order valence-corrected chi connectivity index (χ1v) is 7.71. The van der Waals surface area contributed by atoms with Gasteiger partial charge in [-0.3, -0.25) is 0 Å². The van der Waals surface area contributed by atoms with E-state index in [0.717, 1.165) is 21.9 Å². The third-order valence-electron chi connectivity index (χ3n) is 3.17. The summed E-state index contributed by atoms with van der Waals surface area (Å²) in [6.45, 7) is 0.958. The maximum absolute atomic E-state index is 3.51. The highest BCUT2D eigenvalue weighted by Crippen LogP contribution is 2.18. The monoisotopic (exact) mass is 458 g/mol. The number of aromatic nitrogens is 2. The first kappa shape index (κ1) is 15.7. The molecule has 2 aromatic heterocycles. The number of rotatable bonds is 3. The smallest absolute Gasteiger partial charge is 0.183 e. The fourth-order valence-corrected chi connectivity index (χ4v) is 3.60. The Balaban J connectivity index is 0.00000147. The molecule has 0 aliphatic carbocycles. The van der Waals surface area contributed by atoms with Crippen molar-refractivity contribution in [1.82, 2.24) is 4.98 Å². The molecule has 0 spiro atoms. The SMILES string of the molecule is Brc1cc(Br)c[n+](CCc2c[nH]c3ccccc23)c1.[Br-]. The van der Waals surface area contributed by atoms with Gasteiger partial charge in [-0.2, -0.15) is 0 Å². The number of aryl methyl sites for hydroxylation is 2. The van der Waals surface area contributed by atoms with Crippen LogP contribution in [0, 0.1) is 0 Å². The van der Waals surface area contributed by atoms with Crippen LogP contribution in [-0.2, 0) is 13.0 Å². The second kappa shape index (κ2) is 6.87. The van der Waals surface area contributed by atoms with E-state index in [9.17, 15) is 0 Å². The summed E-state index contributed by atoms with van der Waals surface area (Å²) in [4.78, 5) is 3.32. The average Bonchev–Trinajstić information content (AvgIpc) is 2.78. The van der Waals surface area contributed by atoms with Crippen LogP contribution in [0.5, 0.6) is 0 Å². The van der Waals surface area contributed by atoms with Crippen LogP contribution in [0.3, 0.4) is 0 Å². The molecule has 0 aliphatic rings. The summed E-state index contributed by atoms with van der Waals surface area (Å²) >= 11 is 7.03. The van der Waals surface area contributed by atoms with E-state index in [2.05, 4.69) is 84.3 Å². The van der Waals surface area contributed by atoms with Gasteiger partial charge in [-0.05, 0) is 49.6 Å². The highest BCUT2D eigenvalue weighted by molar-refractivity contribution is 9.11. The van der Waals surface area contributed by atoms with Gasteiger partial charge in [0.05, 0.1) is 8.95 Å². The zero-order valence-corrected chi connectivity index (χ0v) is 15.4. The van der Waals surface area contributed by atoms with Gasteiger partial charge >= 0.3 is 0 Å². The van der Waals surface area contributed by atoms with Gasteiger partial charge in [0.25, 0.3) is 0 Å². The Morgan fingerprint density at radius 2 is 1.75 bits per heavy atom. The molecule has 0 bridgehead atoms. The molecule has 0 fully saturated rings. The molecule has 1 N–H and O–H groups in total. The second-order valence-corrected chi connectivity index (χ2v) is 6.35. The summed E-state index contributed by atoms with van der Waals surface area (Å²) < 4.78 is 4.36. The number of H-pyrrole nitrogens is 1. The summed E-state index contributed by atoms with van der Waals surface area (Å²) in [5.41, 5.74) is 2.57. The fourth-order valence-electron chi connectivity index (χ4n) is 2.28. The van der Waals surface area contributed by atoms with E-state index in [1.165, 1.54) is 16.5 Å². The van der Waals surface area contributed by atoms with Crippen LogP contribution >= 0.6 is 31.9 Å². The van der Waals surface area contributed by atoms with Gasteiger partial charge < -0.3 is 22.0 Å². The molecule has 0 saturated carbocycles. The van der Waals surface area contributed by atoms with Crippen molar-refractivity contribution >= 4 is 42.8 Å². The molecular formula is C15H13Br3N2. The van der Waals surface area contributed by atoms with Crippen molar-refractivity contribution in [1.29, 1.82) is 0 Å². The standard InChI is InChI=1S/C15H13Br2N2.BrH/c16-12-7-13(17)10-19(9-12)6-5-11-8-18-15-4-2-1-3-14(11)15;/h1-4,7-10,18H,5-6H2;1H/q+1;/p-1. The lowest BCUT2D eigenvalue weighted by Gasteiger charge is -1.99. The third-order valence-corrected chi connectivity index (χ3v) is 4.04. The number of nitrogens with zero attached hydrogens (tertiary/aromatic N) is 1. The van der Waals surface area contributed by atoms with E-state index in [4.69, 9.17) is 0 Å². The van der Waals surface area contributed by atoms with Crippen molar-refractivity contribution in [2.75, 3.05) is 0 Å². The van der Waals surface area contributed by atoms with Crippen LogP contribution in [0.25, 0.3) is 10.9 Å². The lowest BCUT2D eigenvalue weighted by Crippen LogP contribution is -3.00. The minimum absolute atomic E-state index is 0. The lowest BCUT2D eigenvalue weighted by atomic mass is 10.1. The zero-order valence-electron chi connectivity index (χ0n) is 10.6. The Labute approximate surface area is 145 Å². The van der Waals surface area contributed by atoms with Crippen LogP contribution in [0.4, 0.5) is 0 Å². The Bertz CT molecular complexity index is 702. The summed E-state index contributed by atoms with van der Waals surface area (Å²) in [5.74, 6) is 0. The molecule has 0 saturated heterocycles. The molecule has 0 unspecified atom stereocenters. The average molecular weight is 461 g/mol. The molecular weight excluding hydrogens is 448 g/mol. The molecule has 0 amide bonds. The molecule has 5 heteroatoms. The summed E-state index contributed by atoms with van der Waals surface area (Å²) in [7, 11) is 0. The van der Waals surface area contributed by atoms with E-state index < -0.39 is 0 Å². The number of hydrogen-bond donors (Lipinski definition) is 1. The van der Waals surface area contributed by atoms with Gasteiger partial charge in [0.15, 0.2) is 18.9 Å². The molecule has 1 aromatic carbocycles. The molecule has 20 heavy (non-hydrogen) atoms. The number of nitrogens with one attached hydrogen (secondary N) is 1. The number of benzene rings is 1. The number of para-hydroxylation sites is 1. The molecule has 2 heterocycles. The number of halogens is 3. The second-order valence-electron chi connectivity index (χ2n) is 4.52. The number of pyridine rings is 1. The van der Waals surface area contributed by atoms with Crippen molar-refractivity contribution < 1.29 is 21.5 Å². The summed E-state index contributed by atoms with van der Waals surface area (Å²) in [6, 6.07) is 10.5. The van der Waals surface area contributed by atoms with Gasteiger partial charge in [-0.1, -0.05) is 18.2 Å². The zero-order chi connectivity index (χ0) is 13.2. The van der Waals surface area contributed by atoms with Gasteiger partial charge in [0.1, 0.15) is 0 Å². The van der Waals surface area contributed by atoms with Crippen LogP contribution in [0.1, 0.15) is 5.56 Å². The Morgan fingerprint density at radius 1 is 1.05 bits per heavy atom. The molecule has 0 atom stereocenters. The minimum atomic E-state index is 0. The van der Waals surface area contributed by atoms with Crippen molar-refractivity contribution in [3.8, 4) is 0 Å². The van der Waals surface area contributed by atoms with Crippen LogP contribution < -0.4 is 21.5 Å². The molecule has 2 nitrogen and oxygen atoms in total. The van der Waals surface area contributed by atoms with E-state index in [0.29, 0.717) is 0 Å². The van der Waals surface area contributed by atoms with Crippen molar-refractivity contribution in [3.63, 3.8) is 0 Å². The predicted octanol–water partition coefficient (Wildman–Crippen LogP) is 1.23. The van der Waals surface area contributed by atoms with Crippen molar-refractivity contribution in [3.05, 3.63) is 63.4 Å². The van der Waals surface area contributed by atoms with Gasteiger partial charge in [-0.15, -0.1) is 0 Å². The predicted molar refractivity (Wildman–Crippen MR) is 84.0 cm³/mol. The van der Waals surface area contributed by atoms with Gasteiger partial charge in [0.2, 0.25) is 0 Å². The largest absolute Gasteiger partial charge is 1.00 e. The quantitative estimate of drug-likeness (QED) is 0.567. The lowest BCUT2D eigenvalue weighted by molar-refractivity contribution is -0.697. The highest BCUT2D eigenvalue weighted by Gasteiger charge is 2.08. The maximum atomic E-state index is 3.51. The number of hydrogen-bond acceptors (Lipinski definition) is 0. The van der Waals surface area contributed by atoms with E-state index in [1.807, 2.05) is 6.07 Å². The Kier molecular flexibility index (Phi) is 5.41. The fraction of sp³-hybridized carbons (Fsp3) is 0.133. The van der Waals surface area contributed by atoms with Crippen LogP contribution in [-0.4, -0.2) is 4.98 Å². The van der Waals surface area contributed by atoms with Crippen LogP contribution in [0.15, 0.2) is 57.9 Å². The van der Waals surface area contributed by atoms with Crippen molar-refractivity contribution in [2.45, 2.75) is 13.0 Å². The highest BCUT2D eigenvalue weighted by atomic mass is 79.9. The van der Waals surface area contributed by atoms with E-state index in [1.54, 1.807) is 0 Å². The molecule has 0 radical (unpaired) electrons. The molecule has 104 valence electrons. The molecule has 3 aromatic rings. The normalized spacial score (nSPS) is 10.5. The maximum Gasteiger partial charge on any atom is 0.183 e. The van der Waals surface area contributed by atoms with Gasteiger partial charge in [0, 0.05) is 23.5 Å². The molecule has 3 rings (SSSR count). The van der Waals surface area contributed by atoms with Crippen LogP contribution in [0.2, 0.25) is 0 Å². The number of fused-ring (bicyclic) bond motifs is 1. The number of aromatic amines is 1. The Morgan fingerprint density at radius 3 is 2.50 bits per heavy atom. The summed E-state index contributed by atoms with van der Waals surface area (Å²) in [6.07, 6.45) is 7.31. The first-order valence-electron chi connectivity index (χ1n) is 6.12. The summed E-state index contributed by atoms with van der Waals surface area (Å²) in [5, 5.41) is 1.32. The third kappa shape index (κ3) is 3.51. The minimum Gasteiger partial charge on any atom is -1.00 e. The van der Waals surface area contributed by atoms with Gasteiger partial charge in [-0.25, -0.2) is 4.57 Å². The van der Waals surface area contributed by atoms with E-state index >= 15 is 0 Å². The van der Waals surface area contributed by atoms with Crippen molar-refractivity contribution in [2.24, 2.45) is 0 Å². The molecule has 0 aliphatic heterocycles. The first-order chi connectivity index (χ1) is 9.22. The topological polar surface area (TPSA) is 19.7 Å². The van der Waals surface area contributed by atoms with E-state index in [-0.39, 0.29) is 17.0 Å².